The number of rotatable bonds is 2. The standard InChI is InChI=1S/C10H11ClIN3/c1-3-6(2)15-5-8(12)7-4-13-10(11)14-9(7)15/h4-6H,3H2,1-2H3. The number of halogens is 2. The lowest BCUT2D eigenvalue weighted by atomic mass is 10.2. The Balaban J connectivity index is 2.69. The molecule has 2 aromatic heterocycles. The predicted molar refractivity (Wildman–Crippen MR) is 70.3 cm³/mol. The van der Waals surface area contributed by atoms with E-state index < -0.39 is 0 Å². The van der Waals surface area contributed by atoms with Crippen molar-refractivity contribution >= 4 is 45.2 Å². The van der Waals surface area contributed by atoms with E-state index in [0.717, 1.165) is 17.5 Å². The first-order valence-corrected chi connectivity index (χ1v) is 6.27. The molecule has 0 spiro atoms. The lowest BCUT2D eigenvalue weighted by Crippen LogP contribution is -2.03. The van der Waals surface area contributed by atoms with Crippen LogP contribution in [0.3, 0.4) is 0 Å². The van der Waals surface area contributed by atoms with Crippen LogP contribution >= 0.6 is 34.2 Å². The molecule has 2 heterocycles. The van der Waals surface area contributed by atoms with Crippen LogP contribution in [0.4, 0.5) is 0 Å². The molecule has 0 aliphatic heterocycles. The minimum atomic E-state index is 0.307. The second-order valence-corrected chi connectivity index (χ2v) is 5.02. The Morgan fingerprint density at radius 1 is 1.60 bits per heavy atom. The first-order valence-electron chi connectivity index (χ1n) is 4.82. The van der Waals surface area contributed by atoms with Gasteiger partial charge in [0.05, 0.1) is 5.39 Å². The average Bonchev–Trinajstić information content (AvgIpc) is 2.54. The summed E-state index contributed by atoms with van der Waals surface area (Å²) >= 11 is 8.11. The molecule has 1 unspecified atom stereocenters. The van der Waals surface area contributed by atoms with E-state index in [1.54, 1.807) is 6.20 Å². The number of hydrogen-bond donors (Lipinski definition) is 0. The highest BCUT2D eigenvalue weighted by molar-refractivity contribution is 14.1. The largest absolute Gasteiger partial charge is 0.329 e. The lowest BCUT2D eigenvalue weighted by molar-refractivity contribution is 0.544. The fourth-order valence-corrected chi connectivity index (χ4v) is 2.31. The van der Waals surface area contributed by atoms with Gasteiger partial charge in [-0.2, -0.15) is 4.98 Å². The van der Waals surface area contributed by atoms with Gasteiger partial charge in [-0.1, -0.05) is 6.92 Å². The fraction of sp³-hybridized carbons (Fsp3) is 0.400. The molecule has 2 rings (SSSR count). The minimum absolute atomic E-state index is 0.307. The van der Waals surface area contributed by atoms with Gasteiger partial charge < -0.3 is 4.57 Å². The van der Waals surface area contributed by atoms with Crippen molar-refractivity contribution < 1.29 is 0 Å². The maximum Gasteiger partial charge on any atom is 0.224 e. The maximum atomic E-state index is 5.81. The summed E-state index contributed by atoms with van der Waals surface area (Å²) in [6, 6.07) is 0.432. The minimum Gasteiger partial charge on any atom is -0.329 e. The summed E-state index contributed by atoms with van der Waals surface area (Å²) < 4.78 is 3.32. The van der Waals surface area contributed by atoms with E-state index in [0.29, 0.717) is 11.3 Å². The Morgan fingerprint density at radius 3 is 3.00 bits per heavy atom. The van der Waals surface area contributed by atoms with E-state index in [1.807, 2.05) is 0 Å². The van der Waals surface area contributed by atoms with E-state index in [1.165, 1.54) is 3.57 Å². The highest BCUT2D eigenvalue weighted by atomic mass is 127. The third kappa shape index (κ3) is 1.97. The third-order valence-electron chi connectivity index (χ3n) is 2.56. The molecule has 0 bridgehead atoms. The molecule has 0 saturated heterocycles. The fourth-order valence-electron chi connectivity index (χ4n) is 1.50. The van der Waals surface area contributed by atoms with Crippen molar-refractivity contribution in [2.75, 3.05) is 0 Å². The van der Waals surface area contributed by atoms with Crippen LogP contribution in [0.2, 0.25) is 5.28 Å². The van der Waals surface area contributed by atoms with Crippen LogP contribution in [-0.4, -0.2) is 14.5 Å². The van der Waals surface area contributed by atoms with Crippen molar-refractivity contribution in [2.24, 2.45) is 0 Å². The molecule has 15 heavy (non-hydrogen) atoms. The Kier molecular flexibility index (Phi) is 3.16. The van der Waals surface area contributed by atoms with E-state index in [2.05, 4.69) is 57.2 Å². The van der Waals surface area contributed by atoms with Gasteiger partial charge in [-0.3, -0.25) is 0 Å². The van der Waals surface area contributed by atoms with Crippen molar-refractivity contribution in [3.05, 3.63) is 21.2 Å². The van der Waals surface area contributed by atoms with Crippen molar-refractivity contribution in [2.45, 2.75) is 26.3 Å². The van der Waals surface area contributed by atoms with E-state index in [-0.39, 0.29) is 0 Å². The van der Waals surface area contributed by atoms with Crippen LogP contribution < -0.4 is 0 Å². The van der Waals surface area contributed by atoms with Gasteiger partial charge in [0.25, 0.3) is 0 Å². The molecular weight excluding hydrogens is 324 g/mol. The SMILES string of the molecule is CCC(C)n1cc(I)c2cnc(Cl)nc21. The van der Waals surface area contributed by atoms with Crippen molar-refractivity contribution in [1.82, 2.24) is 14.5 Å². The third-order valence-corrected chi connectivity index (χ3v) is 3.60. The highest BCUT2D eigenvalue weighted by Gasteiger charge is 2.12. The van der Waals surface area contributed by atoms with Crippen LogP contribution in [-0.2, 0) is 0 Å². The topological polar surface area (TPSA) is 30.7 Å². The average molecular weight is 336 g/mol. The zero-order valence-corrected chi connectivity index (χ0v) is 11.5. The van der Waals surface area contributed by atoms with Gasteiger partial charge in [0.2, 0.25) is 5.28 Å². The van der Waals surface area contributed by atoms with Gasteiger partial charge >= 0.3 is 0 Å². The normalized spacial score (nSPS) is 13.3. The Morgan fingerprint density at radius 2 is 2.33 bits per heavy atom. The molecule has 0 aromatic carbocycles. The summed E-state index contributed by atoms with van der Waals surface area (Å²) in [5.74, 6) is 0. The van der Waals surface area contributed by atoms with Crippen LogP contribution in [0.1, 0.15) is 26.3 Å². The van der Waals surface area contributed by atoms with Gasteiger partial charge in [-0.15, -0.1) is 0 Å². The second kappa shape index (κ2) is 4.25. The van der Waals surface area contributed by atoms with Gasteiger partial charge in [-0.05, 0) is 47.5 Å². The van der Waals surface area contributed by atoms with Gasteiger partial charge in [-0.25, -0.2) is 4.98 Å². The summed E-state index contributed by atoms with van der Waals surface area (Å²) in [5.41, 5.74) is 0.925. The molecule has 0 aliphatic rings. The van der Waals surface area contributed by atoms with Crippen LogP contribution in [0, 0.1) is 3.57 Å². The summed E-state index contributed by atoms with van der Waals surface area (Å²) in [7, 11) is 0. The monoisotopic (exact) mass is 335 g/mol. The zero-order valence-electron chi connectivity index (χ0n) is 8.54. The highest BCUT2D eigenvalue weighted by Crippen LogP contribution is 2.25. The Hall–Kier alpha value is -0.360. The molecule has 2 aromatic rings. The first kappa shape index (κ1) is 11.1. The van der Waals surface area contributed by atoms with Crippen LogP contribution in [0.25, 0.3) is 11.0 Å². The molecule has 0 N–H and O–H groups in total. The van der Waals surface area contributed by atoms with Gasteiger partial charge in [0.15, 0.2) is 0 Å². The molecule has 5 heteroatoms. The molecule has 0 aliphatic carbocycles. The number of fused-ring (bicyclic) bond motifs is 1. The summed E-state index contributed by atoms with van der Waals surface area (Å²) in [6.07, 6.45) is 4.96. The summed E-state index contributed by atoms with van der Waals surface area (Å²) in [5, 5.41) is 1.38. The molecule has 0 fully saturated rings. The quantitative estimate of drug-likeness (QED) is 0.619. The number of hydrogen-bond acceptors (Lipinski definition) is 2. The molecule has 0 saturated carbocycles. The molecule has 1 atom stereocenters. The van der Waals surface area contributed by atoms with E-state index in [9.17, 15) is 0 Å². The van der Waals surface area contributed by atoms with Crippen LogP contribution in [0.15, 0.2) is 12.4 Å². The molecule has 0 radical (unpaired) electrons. The summed E-state index contributed by atoms with van der Waals surface area (Å²) in [4.78, 5) is 8.28. The van der Waals surface area contributed by atoms with E-state index in [4.69, 9.17) is 11.6 Å². The molecular formula is C10H11ClIN3. The van der Waals surface area contributed by atoms with Crippen LogP contribution in [0.5, 0.6) is 0 Å². The Bertz CT molecular complexity index is 495. The Labute approximate surface area is 107 Å². The van der Waals surface area contributed by atoms with Gasteiger partial charge in [0, 0.05) is 22.0 Å². The summed E-state index contributed by atoms with van der Waals surface area (Å²) in [6.45, 7) is 4.33. The molecule has 80 valence electrons. The first-order chi connectivity index (χ1) is 7.13. The molecule has 3 nitrogen and oxygen atoms in total. The van der Waals surface area contributed by atoms with Crippen molar-refractivity contribution in [1.29, 1.82) is 0 Å². The second-order valence-electron chi connectivity index (χ2n) is 3.52. The zero-order chi connectivity index (χ0) is 11.0. The van der Waals surface area contributed by atoms with E-state index >= 15 is 0 Å². The van der Waals surface area contributed by atoms with Crippen molar-refractivity contribution in [3.63, 3.8) is 0 Å². The maximum absolute atomic E-state index is 5.81. The lowest BCUT2D eigenvalue weighted by Gasteiger charge is -2.11. The number of aromatic nitrogens is 3. The smallest absolute Gasteiger partial charge is 0.224 e. The molecule has 0 amide bonds. The van der Waals surface area contributed by atoms with Gasteiger partial charge in [0.1, 0.15) is 5.65 Å². The number of nitrogens with zero attached hydrogens (tertiary/aromatic N) is 3. The van der Waals surface area contributed by atoms with Crippen molar-refractivity contribution in [3.8, 4) is 0 Å². The predicted octanol–water partition coefficient (Wildman–Crippen LogP) is 3.66.